The van der Waals surface area contributed by atoms with E-state index in [9.17, 15) is 4.79 Å². The van der Waals surface area contributed by atoms with Crippen molar-refractivity contribution in [2.75, 3.05) is 0 Å². The lowest BCUT2D eigenvalue weighted by Gasteiger charge is -2.25. The third kappa shape index (κ3) is 2.29. The lowest BCUT2D eigenvalue weighted by atomic mass is 9.93. The number of azide groups is 1. The second-order valence-corrected chi connectivity index (χ2v) is 5.31. The van der Waals surface area contributed by atoms with Crippen LogP contribution in [0.1, 0.15) is 29.6 Å². The maximum atomic E-state index is 12.0. The van der Waals surface area contributed by atoms with Gasteiger partial charge in [0.25, 0.3) is 0 Å². The second-order valence-electron chi connectivity index (χ2n) is 5.31. The van der Waals surface area contributed by atoms with Crippen LogP contribution in [-0.4, -0.2) is 18.1 Å². The van der Waals surface area contributed by atoms with E-state index in [1.807, 2.05) is 18.2 Å². The highest BCUT2D eigenvalue weighted by Crippen LogP contribution is 2.47. The van der Waals surface area contributed by atoms with Crippen molar-refractivity contribution in [2.45, 2.75) is 31.4 Å². The van der Waals surface area contributed by atoms with Crippen molar-refractivity contribution in [3.05, 3.63) is 46.3 Å². The van der Waals surface area contributed by atoms with Crippen LogP contribution in [0.5, 0.6) is 0 Å². The zero-order valence-electron chi connectivity index (χ0n) is 10.5. The third-order valence-corrected chi connectivity index (χ3v) is 4.22. The van der Waals surface area contributed by atoms with Crippen LogP contribution in [0.15, 0.2) is 35.4 Å². The smallest absolute Gasteiger partial charge is 0.338 e. The zero-order chi connectivity index (χ0) is 13.2. The molecule has 0 aliphatic heterocycles. The van der Waals surface area contributed by atoms with Crippen LogP contribution in [0.4, 0.5) is 0 Å². The summed E-state index contributed by atoms with van der Waals surface area (Å²) in [5, 5.41) is 3.82. The zero-order valence-corrected chi connectivity index (χ0v) is 10.5. The largest absolute Gasteiger partial charge is 0.458 e. The number of hydrogen-bond donors (Lipinski definition) is 0. The summed E-state index contributed by atoms with van der Waals surface area (Å²) in [4.78, 5) is 14.9. The number of esters is 1. The van der Waals surface area contributed by atoms with Crippen molar-refractivity contribution < 1.29 is 9.53 Å². The van der Waals surface area contributed by atoms with Gasteiger partial charge in [-0.1, -0.05) is 23.3 Å². The molecule has 1 aromatic rings. The summed E-state index contributed by atoms with van der Waals surface area (Å²) >= 11 is 0. The average Bonchev–Trinajstić information content (AvgIpc) is 3.00. The molecule has 2 bridgehead atoms. The molecule has 4 atom stereocenters. The van der Waals surface area contributed by atoms with Crippen LogP contribution in [0, 0.1) is 11.8 Å². The first kappa shape index (κ1) is 12.1. The Morgan fingerprint density at radius 2 is 2.00 bits per heavy atom. The first-order valence-electron chi connectivity index (χ1n) is 6.58. The normalized spacial score (nSPS) is 31.8. The summed E-state index contributed by atoms with van der Waals surface area (Å²) in [6.07, 6.45) is 2.67. The highest BCUT2D eigenvalue weighted by atomic mass is 16.5. The monoisotopic (exact) mass is 257 g/mol. The topological polar surface area (TPSA) is 75.1 Å². The molecule has 2 fully saturated rings. The molecule has 19 heavy (non-hydrogen) atoms. The predicted octanol–water partition coefficient (Wildman–Crippen LogP) is 3.32. The molecule has 0 aromatic heterocycles. The molecule has 2 saturated carbocycles. The SMILES string of the molecule is [N-]=[N+]=NC1CC2CC1CC2OC(=O)c1ccccc1. The minimum Gasteiger partial charge on any atom is -0.458 e. The number of rotatable bonds is 3. The van der Waals surface area contributed by atoms with Crippen LogP contribution in [-0.2, 0) is 4.74 Å². The minimum absolute atomic E-state index is 0.0113. The van der Waals surface area contributed by atoms with Gasteiger partial charge in [0.15, 0.2) is 0 Å². The van der Waals surface area contributed by atoms with Gasteiger partial charge in [-0.2, -0.15) is 0 Å². The van der Waals surface area contributed by atoms with Gasteiger partial charge >= 0.3 is 5.97 Å². The Labute approximate surface area is 111 Å². The Morgan fingerprint density at radius 1 is 1.21 bits per heavy atom. The summed E-state index contributed by atoms with van der Waals surface area (Å²) in [5.74, 6) is 0.487. The number of carbonyl (C=O) groups excluding carboxylic acids is 1. The molecule has 0 amide bonds. The van der Waals surface area contributed by atoms with Gasteiger partial charge < -0.3 is 4.74 Å². The van der Waals surface area contributed by atoms with Gasteiger partial charge in [0.1, 0.15) is 6.10 Å². The second kappa shape index (κ2) is 4.94. The Balaban J connectivity index is 1.62. The molecule has 5 nitrogen and oxygen atoms in total. The molecule has 5 heteroatoms. The van der Waals surface area contributed by atoms with Crippen molar-refractivity contribution in [2.24, 2.45) is 17.0 Å². The van der Waals surface area contributed by atoms with Crippen LogP contribution in [0.2, 0.25) is 0 Å². The molecule has 4 unspecified atom stereocenters. The molecule has 0 spiro atoms. The lowest BCUT2D eigenvalue weighted by Crippen LogP contribution is -2.28. The van der Waals surface area contributed by atoms with Gasteiger partial charge in [-0.05, 0) is 48.8 Å². The van der Waals surface area contributed by atoms with Crippen LogP contribution in [0.3, 0.4) is 0 Å². The molecule has 1 aromatic carbocycles. The highest BCUT2D eigenvalue weighted by Gasteiger charge is 2.47. The Kier molecular flexibility index (Phi) is 3.13. The molecule has 2 aliphatic rings. The van der Waals surface area contributed by atoms with Crippen molar-refractivity contribution >= 4 is 5.97 Å². The Hall–Kier alpha value is -2.00. The molecule has 98 valence electrons. The van der Waals surface area contributed by atoms with Crippen molar-refractivity contribution in [1.82, 2.24) is 0 Å². The fraction of sp³-hybridized carbons (Fsp3) is 0.500. The lowest BCUT2D eigenvalue weighted by molar-refractivity contribution is 0.0145. The van der Waals surface area contributed by atoms with E-state index in [0.29, 0.717) is 17.4 Å². The molecule has 3 rings (SSSR count). The summed E-state index contributed by atoms with van der Waals surface area (Å²) in [5.41, 5.74) is 9.08. The molecule has 2 aliphatic carbocycles. The van der Waals surface area contributed by atoms with Crippen molar-refractivity contribution in [3.63, 3.8) is 0 Å². The molecule has 0 N–H and O–H groups in total. The van der Waals surface area contributed by atoms with E-state index in [1.165, 1.54) is 0 Å². The summed E-state index contributed by atoms with van der Waals surface area (Å²) in [6, 6.07) is 9.15. The standard InChI is InChI=1S/C14H15N3O2/c15-17-16-12-7-11-6-10(12)8-13(11)19-14(18)9-4-2-1-3-5-9/h1-5,10-13H,6-8H2. The van der Waals surface area contributed by atoms with Crippen LogP contribution < -0.4 is 0 Å². The quantitative estimate of drug-likeness (QED) is 0.360. The van der Waals surface area contributed by atoms with Crippen LogP contribution >= 0.6 is 0 Å². The number of fused-ring (bicyclic) bond motifs is 2. The maximum Gasteiger partial charge on any atom is 0.338 e. The van der Waals surface area contributed by atoms with Gasteiger partial charge in [0, 0.05) is 11.0 Å². The van der Waals surface area contributed by atoms with Gasteiger partial charge in [-0.25, -0.2) is 4.79 Å². The van der Waals surface area contributed by atoms with E-state index in [4.69, 9.17) is 10.3 Å². The minimum atomic E-state index is -0.251. The summed E-state index contributed by atoms with van der Waals surface area (Å²) in [7, 11) is 0. The van der Waals surface area contributed by atoms with E-state index in [2.05, 4.69) is 10.0 Å². The Bertz CT molecular complexity index is 525. The Morgan fingerprint density at radius 3 is 2.63 bits per heavy atom. The molecular formula is C14H15N3O2. The van der Waals surface area contributed by atoms with Gasteiger partial charge in [0.2, 0.25) is 0 Å². The number of nitrogens with zero attached hydrogens (tertiary/aromatic N) is 3. The van der Waals surface area contributed by atoms with Crippen LogP contribution in [0.25, 0.3) is 10.4 Å². The molecule has 0 heterocycles. The average molecular weight is 257 g/mol. The van der Waals surface area contributed by atoms with E-state index in [1.54, 1.807) is 12.1 Å². The number of ether oxygens (including phenoxy) is 1. The molecule has 0 radical (unpaired) electrons. The first-order chi connectivity index (χ1) is 9.28. The number of hydrogen-bond acceptors (Lipinski definition) is 3. The fourth-order valence-corrected chi connectivity index (χ4v) is 3.32. The maximum absolute atomic E-state index is 12.0. The van der Waals surface area contributed by atoms with Gasteiger partial charge in [-0.15, -0.1) is 0 Å². The first-order valence-corrected chi connectivity index (χ1v) is 6.58. The number of carbonyl (C=O) groups is 1. The summed E-state index contributed by atoms with van der Waals surface area (Å²) < 4.78 is 5.58. The highest BCUT2D eigenvalue weighted by molar-refractivity contribution is 5.89. The molecular weight excluding hydrogens is 242 g/mol. The van der Waals surface area contributed by atoms with Gasteiger partial charge in [0.05, 0.1) is 5.56 Å². The van der Waals surface area contributed by atoms with E-state index >= 15 is 0 Å². The van der Waals surface area contributed by atoms with E-state index < -0.39 is 0 Å². The van der Waals surface area contributed by atoms with Crippen molar-refractivity contribution in [3.8, 4) is 0 Å². The van der Waals surface area contributed by atoms with E-state index in [-0.39, 0.29) is 18.1 Å². The van der Waals surface area contributed by atoms with Crippen molar-refractivity contribution in [1.29, 1.82) is 0 Å². The molecule has 0 saturated heterocycles. The predicted molar refractivity (Wildman–Crippen MR) is 69.4 cm³/mol. The fourth-order valence-electron chi connectivity index (χ4n) is 3.32. The number of benzene rings is 1. The third-order valence-electron chi connectivity index (χ3n) is 4.22. The van der Waals surface area contributed by atoms with Gasteiger partial charge in [-0.3, -0.25) is 0 Å². The van der Waals surface area contributed by atoms with E-state index in [0.717, 1.165) is 19.3 Å². The summed E-state index contributed by atoms with van der Waals surface area (Å²) in [6.45, 7) is 0.